The van der Waals surface area contributed by atoms with Crippen molar-refractivity contribution in [3.05, 3.63) is 35.7 Å². The van der Waals surface area contributed by atoms with Crippen molar-refractivity contribution >= 4 is 34.9 Å². The number of thioether (sulfide) groups is 2. The Morgan fingerprint density at radius 1 is 0.742 bits per heavy atom. The maximum absolute atomic E-state index is 4.85. The fourth-order valence-electron chi connectivity index (χ4n) is 2.72. The van der Waals surface area contributed by atoms with E-state index >= 15 is 0 Å². The van der Waals surface area contributed by atoms with Crippen molar-refractivity contribution in [2.75, 3.05) is 52.8 Å². The lowest BCUT2D eigenvalue weighted by Gasteiger charge is -2.09. The lowest BCUT2D eigenvalue weighted by molar-refractivity contribution is 0.437. The first-order valence-corrected chi connectivity index (χ1v) is 12.9. The average molecular weight is 475 g/mol. The lowest BCUT2D eigenvalue weighted by atomic mass is 10.2. The molecule has 0 unspecified atom stereocenters. The van der Waals surface area contributed by atoms with Crippen molar-refractivity contribution in [2.45, 2.75) is 24.2 Å². The lowest BCUT2D eigenvalue weighted by Crippen LogP contribution is -2.14. The largest absolute Gasteiger partial charge is 0.309 e. The minimum absolute atomic E-state index is 0.829. The van der Waals surface area contributed by atoms with Gasteiger partial charge in [0.15, 0.2) is 10.3 Å². The average Bonchev–Trinajstić information content (AvgIpc) is 3.19. The van der Waals surface area contributed by atoms with Crippen LogP contribution in [-0.2, 0) is 0 Å². The van der Waals surface area contributed by atoms with Crippen LogP contribution in [-0.4, -0.2) is 82.5 Å². The third-order valence-corrected chi connectivity index (χ3v) is 7.29. The van der Waals surface area contributed by atoms with Crippen LogP contribution in [0.1, 0.15) is 11.1 Å². The van der Waals surface area contributed by atoms with Crippen molar-refractivity contribution in [3.63, 3.8) is 0 Å². The molecule has 6 nitrogen and oxygen atoms in total. The predicted octanol–water partition coefficient (Wildman–Crippen LogP) is 4.59. The molecule has 0 N–H and O–H groups in total. The highest BCUT2D eigenvalue weighted by Gasteiger charge is 2.14. The van der Waals surface area contributed by atoms with Crippen molar-refractivity contribution in [3.8, 4) is 21.1 Å². The highest BCUT2D eigenvalue weighted by atomic mass is 32.2. The molecule has 0 saturated heterocycles. The van der Waals surface area contributed by atoms with E-state index in [1.165, 1.54) is 0 Å². The highest BCUT2D eigenvalue weighted by Crippen LogP contribution is 2.36. The molecule has 0 spiro atoms. The van der Waals surface area contributed by atoms with Gasteiger partial charge in [-0.05, 0) is 65.3 Å². The summed E-state index contributed by atoms with van der Waals surface area (Å²) in [4.78, 5) is 25.3. The van der Waals surface area contributed by atoms with E-state index in [-0.39, 0.29) is 0 Å². The molecule has 3 rings (SSSR count). The number of hydrogen-bond donors (Lipinski definition) is 0. The van der Waals surface area contributed by atoms with Crippen LogP contribution in [0.3, 0.4) is 0 Å². The van der Waals surface area contributed by atoms with E-state index in [0.717, 1.165) is 67.2 Å². The van der Waals surface area contributed by atoms with Crippen molar-refractivity contribution in [1.82, 2.24) is 29.7 Å². The number of aryl methyl sites for hydroxylation is 2. The van der Waals surface area contributed by atoms with Crippen LogP contribution in [0.25, 0.3) is 21.1 Å². The van der Waals surface area contributed by atoms with E-state index in [1.807, 2.05) is 12.4 Å². The Labute approximate surface area is 197 Å². The van der Waals surface area contributed by atoms with E-state index in [0.29, 0.717) is 0 Å². The Morgan fingerprint density at radius 2 is 1.16 bits per heavy atom. The quantitative estimate of drug-likeness (QED) is 0.312. The third kappa shape index (κ3) is 6.98. The fourth-order valence-corrected chi connectivity index (χ4v) is 5.68. The summed E-state index contributed by atoms with van der Waals surface area (Å²) in [6, 6.07) is 4.29. The summed E-state index contributed by atoms with van der Waals surface area (Å²) in [5.74, 6) is 1.94. The Kier molecular flexibility index (Phi) is 8.85. The van der Waals surface area contributed by atoms with Gasteiger partial charge in [-0.15, -0.1) is 11.3 Å². The second-order valence-corrected chi connectivity index (χ2v) is 11.0. The van der Waals surface area contributed by atoms with E-state index in [4.69, 9.17) is 9.97 Å². The molecule has 166 valence electrons. The minimum atomic E-state index is 0.829. The molecule has 0 saturated carbocycles. The normalized spacial score (nSPS) is 11.6. The van der Waals surface area contributed by atoms with Gasteiger partial charge in [0, 0.05) is 37.0 Å². The van der Waals surface area contributed by atoms with Gasteiger partial charge < -0.3 is 9.80 Å². The summed E-state index contributed by atoms with van der Waals surface area (Å²) in [6.45, 7) is 6.14. The molecule has 3 heterocycles. The predicted molar refractivity (Wildman–Crippen MR) is 134 cm³/mol. The maximum Gasteiger partial charge on any atom is 0.188 e. The molecule has 0 bridgehead atoms. The number of rotatable bonds is 10. The van der Waals surface area contributed by atoms with Gasteiger partial charge in [-0.2, -0.15) is 0 Å². The van der Waals surface area contributed by atoms with Gasteiger partial charge in [0.1, 0.15) is 0 Å². The standard InChI is InChI=1S/C22H30N6S3/c1-15-13-23-21(29-11-9-27(3)4)25-19(15)17-7-8-18(31-17)20-16(2)14-24-22(26-20)30-12-10-28(5)6/h7-8,13-14H,9-12H2,1-6H3. The molecule has 0 aliphatic rings. The van der Waals surface area contributed by atoms with Crippen LogP contribution in [0.2, 0.25) is 0 Å². The molecule has 9 heteroatoms. The molecule has 3 aromatic rings. The van der Waals surface area contributed by atoms with Gasteiger partial charge in [-0.1, -0.05) is 23.5 Å². The molecular formula is C22H30N6S3. The Bertz CT molecular complexity index is 925. The molecule has 0 radical (unpaired) electrons. The number of aromatic nitrogens is 4. The molecule has 0 aromatic carbocycles. The van der Waals surface area contributed by atoms with Gasteiger partial charge in [0.25, 0.3) is 0 Å². The Hall–Kier alpha value is -1.52. The first-order chi connectivity index (χ1) is 14.8. The van der Waals surface area contributed by atoms with Gasteiger partial charge >= 0.3 is 0 Å². The number of thiophene rings is 1. The van der Waals surface area contributed by atoms with Crippen LogP contribution in [0.5, 0.6) is 0 Å². The summed E-state index contributed by atoms with van der Waals surface area (Å²) in [6.07, 6.45) is 3.85. The van der Waals surface area contributed by atoms with Crippen molar-refractivity contribution in [2.24, 2.45) is 0 Å². The first kappa shape index (κ1) is 24.1. The van der Waals surface area contributed by atoms with E-state index < -0.39 is 0 Å². The molecule has 0 aliphatic heterocycles. The number of nitrogens with zero attached hydrogens (tertiary/aromatic N) is 6. The minimum Gasteiger partial charge on any atom is -0.309 e. The molecule has 31 heavy (non-hydrogen) atoms. The Balaban J connectivity index is 1.80. The zero-order valence-electron chi connectivity index (χ0n) is 19.0. The summed E-state index contributed by atoms with van der Waals surface area (Å²) >= 11 is 5.12. The fraction of sp³-hybridized carbons (Fsp3) is 0.455. The second-order valence-electron chi connectivity index (χ2n) is 7.84. The van der Waals surface area contributed by atoms with Crippen molar-refractivity contribution < 1.29 is 0 Å². The van der Waals surface area contributed by atoms with Gasteiger partial charge in [0.2, 0.25) is 0 Å². The highest BCUT2D eigenvalue weighted by molar-refractivity contribution is 7.99. The van der Waals surface area contributed by atoms with Crippen LogP contribution in [0, 0.1) is 13.8 Å². The second kappa shape index (κ2) is 11.4. The van der Waals surface area contributed by atoms with Gasteiger partial charge in [-0.25, -0.2) is 19.9 Å². The monoisotopic (exact) mass is 474 g/mol. The van der Waals surface area contributed by atoms with Gasteiger partial charge in [0.05, 0.1) is 21.1 Å². The van der Waals surface area contributed by atoms with Crippen LogP contribution < -0.4 is 0 Å². The summed E-state index contributed by atoms with van der Waals surface area (Å²) in [7, 11) is 8.32. The van der Waals surface area contributed by atoms with Crippen LogP contribution in [0.15, 0.2) is 34.8 Å². The smallest absolute Gasteiger partial charge is 0.188 e. The molecule has 0 amide bonds. The zero-order chi connectivity index (χ0) is 22.4. The molecule has 0 aliphatic carbocycles. The van der Waals surface area contributed by atoms with Crippen molar-refractivity contribution in [1.29, 1.82) is 0 Å². The van der Waals surface area contributed by atoms with Crippen LogP contribution >= 0.6 is 34.9 Å². The topological polar surface area (TPSA) is 58.0 Å². The molecule has 0 fully saturated rings. The van der Waals surface area contributed by atoms with Gasteiger partial charge in [-0.3, -0.25) is 0 Å². The third-order valence-electron chi connectivity index (χ3n) is 4.51. The zero-order valence-corrected chi connectivity index (χ0v) is 21.5. The summed E-state index contributed by atoms with van der Waals surface area (Å²) in [5, 5.41) is 1.66. The number of hydrogen-bond acceptors (Lipinski definition) is 9. The SMILES string of the molecule is Cc1cnc(SCCN(C)C)nc1-c1ccc(-c2nc(SCCN(C)C)ncc2C)s1. The molecule has 0 atom stereocenters. The van der Waals surface area contributed by atoms with E-state index in [2.05, 4.69) is 73.9 Å². The Morgan fingerprint density at radius 3 is 1.55 bits per heavy atom. The summed E-state index contributed by atoms with van der Waals surface area (Å²) < 4.78 is 0. The molecular weight excluding hydrogens is 444 g/mol. The molecule has 3 aromatic heterocycles. The van der Waals surface area contributed by atoms with E-state index in [1.54, 1.807) is 34.9 Å². The summed E-state index contributed by atoms with van der Waals surface area (Å²) in [5.41, 5.74) is 4.19. The van der Waals surface area contributed by atoms with Crippen LogP contribution in [0.4, 0.5) is 0 Å². The first-order valence-electron chi connectivity index (χ1n) is 10.2. The maximum atomic E-state index is 4.85. The van der Waals surface area contributed by atoms with E-state index in [9.17, 15) is 0 Å².